The highest BCUT2D eigenvalue weighted by atomic mass is 35.5. The molecule has 1 N–H and O–H groups in total. The maximum absolute atomic E-state index is 12.5. The molecule has 1 heterocycles. The Balaban J connectivity index is 1.56. The van der Waals surface area contributed by atoms with Crippen molar-refractivity contribution in [1.29, 1.82) is 0 Å². The Morgan fingerprint density at radius 3 is 2.45 bits per heavy atom. The van der Waals surface area contributed by atoms with Gasteiger partial charge in [-0.3, -0.25) is 4.79 Å². The lowest BCUT2D eigenvalue weighted by Crippen LogP contribution is -2.15. The highest BCUT2D eigenvalue weighted by Crippen LogP contribution is 2.31. The van der Waals surface area contributed by atoms with Crippen LogP contribution in [0.2, 0.25) is 5.02 Å². The number of thioether (sulfide) groups is 1. The fourth-order valence-electron chi connectivity index (χ4n) is 3.06. The summed E-state index contributed by atoms with van der Waals surface area (Å²) in [5.74, 6) is 0.119. The molecule has 144 valence electrons. The van der Waals surface area contributed by atoms with Gasteiger partial charge in [-0.15, -0.1) is 10.2 Å². The number of nitrogens with zero attached hydrogens (tertiary/aromatic N) is 2. The van der Waals surface area contributed by atoms with Crippen LogP contribution in [0.5, 0.6) is 0 Å². The van der Waals surface area contributed by atoms with Crippen molar-refractivity contribution in [3.8, 4) is 11.3 Å². The summed E-state index contributed by atoms with van der Waals surface area (Å²) in [6.45, 7) is 1.88. The van der Waals surface area contributed by atoms with Gasteiger partial charge in [-0.05, 0) is 24.6 Å². The number of carbonyl (C=O) groups excluding carboxylic acids is 1. The van der Waals surface area contributed by atoms with Crippen LogP contribution in [0.1, 0.15) is 5.56 Å². The number of fused-ring (bicyclic) bond motifs is 1. The second-order valence-corrected chi connectivity index (χ2v) is 7.89. The van der Waals surface area contributed by atoms with Crippen LogP contribution in [0.15, 0.2) is 77.8 Å². The number of amides is 1. The van der Waals surface area contributed by atoms with Gasteiger partial charge in [-0.1, -0.05) is 84.0 Å². The highest BCUT2D eigenvalue weighted by Gasteiger charge is 2.13. The molecule has 3 aromatic carbocycles. The van der Waals surface area contributed by atoms with Crippen LogP contribution in [0.3, 0.4) is 0 Å². The molecule has 0 unspecified atom stereocenters. The van der Waals surface area contributed by atoms with Gasteiger partial charge in [0.1, 0.15) is 10.7 Å². The molecule has 0 radical (unpaired) electrons. The van der Waals surface area contributed by atoms with Gasteiger partial charge in [0.05, 0.1) is 5.75 Å². The second kappa shape index (κ2) is 8.64. The lowest BCUT2D eigenvalue weighted by atomic mass is 10.1. The average Bonchev–Trinajstić information content (AvgIpc) is 2.76. The van der Waals surface area contributed by atoms with E-state index in [9.17, 15) is 4.79 Å². The third kappa shape index (κ3) is 4.26. The van der Waals surface area contributed by atoms with E-state index in [-0.39, 0.29) is 11.7 Å². The molecule has 0 saturated carbocycles. The van der Waals surface area contributed by atoms with E-state index in [2.05, 4.69) is 15.5 Å². The number of carbonyl (C=O) groups is 1. The molecule has 29 heavy (non-hydrogen) atoms. The Morgan fingerprint density at radius 1 is 0.931 bits per heavy atom. The molecule has 0 saturated heterocycles. The van der Waals surface area contributed by atoms with Crippen molar-refractivity contribution < 1.29 is 4.79 Å². The summed E-state index contributed by atoms with van der Waals surface area (Å²) in [4.78, 5) is 12.5. The van der Waals surface area contributed by atoms with Crippen molar-refractivity contribution in [3.63, 3.8) is 0 Å². The number of halogens is 1. The number of aromatic nitrogens is 2. The third-order valence-electron chi connectivity index (χ3n) is 4.58. The first kappa shape index (κ1) is 19.4. The summed E-state index contributed by atoms with van der Waals surface area (Å²) < 4.78 is 0. The summed E-state index contributed by atoms with van der Waals surface area (Å²) in [6.07, 6.45) is 0. The zero-order valence-electron chi connectivity index (χ0n) is 15.7. The fourth-order valence-corrected chi connectivity index (χ4v) is 4.00. The third-order valence-corrected chi connectivity index (χ3v) is 5.97. The zero-order valence-corrected chi connectivity index (χ0v) is 17.3. The standard InChI is InChI=1S/C23H18ClN3OS/c1-15-19(24)12-7-13-20(15)25-21(28)14-29-23-18-11-6-5-10-17(18)22(26-27-23)16-8-3-2-4-9-16/h2-13H,14H2,1H3,(H,25,28). The molecular formula is C23H18ClN3OS. The van der Waals surface area contributed by atoms with Crippen molar-refractivity contribution in [3.05, 3.63) is 83.4 Å². The molecule has 4 nitrogen and oxygen atoms in total. The van der Waals surface area contributed by atoms with Gasteiger partial charge in [0.25, 0.3) is 0 Å². The predicted octanol–water partition coefficient (Wildman–Crippen LogP) is 5.99. The smallest absolute Gasteiger partial charge is 0.234 e. The number of rotatable bonds is 5. The van der Waals surface area contributed by atoms with Crippen LogP contribution in [0.25, 0.3) is 22.0 Å². The van der Waals surface area contributed by atoms with Crippen molar-refractivity contribution in [2.45, 2.75) is 11.9 Å². The maximum atomic E-state index is 12.5. The molecule has 1 amide bonds. The molecule has 1 aromatic heterocycles. The molecular weight excluding hydrogens is 402 g/mol. The molecule has 0 fully saturated rings. The number of hydrogen-bond donors (Lipinski definition) is 1. The molecule has 0 aliphatic carbocycles. The fraction of sp³-hybridized carbons (Fsp3) is 0.0870. The van der Waals surface area contributed by atoms with E-state index in [1.807, 2.05) is 73.7 Å². The van der Waals surface area contributed by atoms with E-state index in [1.54, 1.807) is 6.07 Å². The van der Waals surface area contributed by atoms with E-state index in [0.29, 0.717) is 5.02 Å². The molecule has 4 aromatic rings. The predicted molar refractivity (Wildman–Crippen MR) is 121 cm³/mol. The minimum Gasteiger partial charge on any atom is -0.325 e. The van der Waals surface area contributed by atoms with E-state index in [0.717, 1.165) is 38.3 Å². The Labute approximate surface area is 178 Å². The molecule has 0 spiro atoms. The lowest BCUT2D eigenvalue weighted by Gasteiger charge is -2.11. The average molecular weight is 420 g/mol. The molecule has 6 heteroatoms. The first-order valence-corrected chi connectivity index (χ1v) is 10.5. The van der Waals surface area contributed by atoms with Crippen LogP contribution in [-0.4, -0.2) is 21.9 Å². The van der Waals surface area contributed by atoms with Crippen molar-refractivity contribution in [2.75, 3.05) is 11.1 Å². The Kier molecular flexibility index (Phi) is 5.79. The van der Waals surface area contributed by atoms with Gasteiger partial charge >= 0.3 is 0 Å². The van der Waals surface area contributed by atoms with Crippen molar-refractivity contribution in [2.24, 2.45) is 0 Å². The first-order chi connectivity index (χ1) is 14.1. The first-order valence-electron chi connectivity index (χ1n) is 9.12. The number of nitrogens with one attached hydrogen (secondary N) is 1. The minimum absolute atomic E-state index is 0.113. The Bertz CT molecular complexity index is 1180. The van der Waals surface area contributed by atoms with Crippen LogP contribution in [0, 0.1) is 6.92 Å². The van der Waals surface area contributed by atoms with E-state index >= 15 is 0 Å². The number of anilines is 1. The number of hydrogen-bond acceptors (Lipinski definition) is 4. The summed E-state index contributed by atoms with van der Waals surface area (Å²) in [7, 11) is 0. The van der Waals surface area contributed by atoms with Gasteiger partial charge in [0, 0.05) is 27.0 Å². The van der Waals surface area contributed by atoms with Gasteiger partial charge in [0.2, 0.25) is 5.91 Å². The van der Waals surface area contributed by atoms with Gasteiger partial charge < -0.3 is 5.32 Å². The maximum Gasteiger partial charge on any atom is 0.234 e. The highest BCUT2D eigenvalue weighted by molar-refractivity contribution is 8.00. The molecule has 0 aliphatic heterocycles. The summed E-state index contributed by atoms with van der Waals surface area (Å²) >= 11 is 7.50. The molecule has 0 bridgehead atoms. The lowest BCUT2D eigenvalue weighted by molar-refractivity contribution is -0.113. The Hall–Kier alpha value is -2.89. The van der Waals surface area contributed by atoms with E-state index in [4.69, 9.17) is 11.6 Å². The summed E-state index contributed by atoms with van der Waals surface area (Å²) in [5.41, 5.74) is 3.43. The monoisotopic (exact) mass is 419 g/mol. The molecule has 0 aliphatic rings. The van der Waals surface area contributed by atoms with E-state index in [1.165, 1.54) is 11.8 Å². The van der Waals surface area contributed by atoms with Crippen LogP contribution < -0.4 is 5.32 Å². The minimum atomic E-state index is -0.113. The quantitative estimate of drug-likeness (QED) is 0.404. The van der Waals surface area contributed by atoms with Gasteiger partial charge in [-0.2, -0.15) is 0 Å². The zero-order chi connectivity index (χ0) is 20.2. The molecule has 0 atom stereocenters. The van der Waals surface area contributed by atoms with Crippen LogP contribution in [-0.2, 0) is 4.79 Å². The van der Waals surface area contributed by atoms with Gasteiger partial charge in [-0.25, -0.2) is 0 Å². The van der Waals surface area contributed by atoms with Crippen LogP contribution >= 0.6 is 23.4 Å². The van der Waals surface area contributed by atoms with Crippen molar-refractivity contribution >= 4 is 45.7 Å². The topological polar surface area (TPSA) is 54.9 Å². The SMILES string of the molecule is Cc1c(Cl)cccc1NC(=O)CSc1nnc(-c2ccccc2)c2ccccc12. The number of benzene rings is 3. The molecule has 4 rings (SSSR count). The Morgan fingerprint density at radius 2 is 1.66 bits per heavy atom. The van der Waals surface area contributed by atoms with Crippen molar-refractivity contribution in [1.82, 2.24) is 10.2 Å². The van der Waals surface area contributed by atoms with Gasteiger partial charge in [0.15, 0.2) is 0 Å². The van der Waals surface area contributed by atoms with Crippen LogP contribution in [0.4, 0.5) is 5.69 Å². The second-order valence-electron chi connectivity index (χ2n) is 6.51. The normalized spacial score (nSPS) is 10.8. The summed E-state index contributed by atoms with van der Waals surface area (Å²) in [5, 5.41) is 15.1. The summed E-state index contributed by atoms with van der Waals surface area (Å²) in [6, 6.07) is 23.4. The largest absolute Gasteiger partial charge is 0.325 e. The van der Waals surface area contributed by atoms with E-state index < -0.39 is 0 Å².